The Hall–Kier alpha value is -4.17. The Bertz CT molecular complexity index is 1300. The Balaban J connectivity index is 1.62. The normalized spacial score (nSPS) is 11.7. The number of nitrogens with one attached hydrogen (secondary N) is 1. The summed E-state index contributed by atoms with van der Waals surface area (Å²) in [6.45, 7) is 1.59. The number of nitrogen functional groups attached to an aromatic ring is 1. The molecule has 8 heteroatoms. The molecule has 166 valence electrons. The monoisotopic (exact) mass is 443 g/mol. The van der Waals surface area contributed by atoms with E-state index in [1.165, 1.54) is 12.1 Å². The van der Waals surface area contributed by atoms with Crippen LogP contribution < -0.4 is 11.1 Å². The molecule has 0 radical (unpaired) electrons. The molecule has 2 heterocycles. The van der Waals surface area contributed by atoms with Crippen molar-refractivity contribution in [2.75, 3.05) is 12.3 Å². The largest absolute Gasteiger partial charge is 0.394 e. The predicted molar refractivity (Wildman–Crippen MR) is 124 cm³/mol. The van der Waals surface area contributed by atoms with Gasteiger partial charge >= 0.3 is 0 Å². The zero-order chi connectivity index (χ0) is 23.4. The molecule has 4 N–H and O–H groups in total. The molecule has 0 fully saturated rings. The molecule has 0 saturated carbocycles. The van der Waals surface area contributed by atoms with E-state index < -0.39 is 17.8 Å². The number of anilines is 1. The van der Waals surface area contributed by atoms with Gasteiger partial charge in [-0.2, -0.15) is 0 Å². The molecular weight excluding hydrogens is 421 g/mol. The van der Waals surface area contributed by atoms with Crippen LogP contribution in [-0.2, 0) is 0 Å². The van der Waals surface area contributed by atoms with Gasteiger partial charge in [-0.05, 0) is 36.2 Å². The average Bonchev–Trinajstić information content (AvgIpc) is 2.83. The van der Waals surface area contributed by atoms with Gasteiger partial charge in [0.25, 0.3) is 5.91 Å². The summed E-state index contributed by atoms with van der Waals surface area (Å²) < 4.78 is 14.9. The van der Waals surface area contributed by atoms with Crippen LogP contribution in [0.3, 0.4) is 0 Å². The van der Waals surface area contributed by atoms with Crippen LogP contribution in [0.2, 0.25) is 0 Å². The van der Waals surface area contributed by atoms with E-state index in [1.807, 2.05) is 19.1 Å². The first-order valence-corrected chi connectivity index (χ1v) is 10.3. The Morgan fingerprint density at radius 3 is 2.64 bits per heavy atom. The van der Waals surface area contributed by atoms with Crippen molar-refractivity contribution in [2.45, 2.75) is 13.0 Å². The second-order valence-electron chi connectivity index (χ2n) is 7.49. The van der Waals surface area contributed by atoms with Crippen molar-refractivity contribution in [3.8, 4) is 22.5 Å². The number of carbonyl (C=O) groups is 1. The molecule has 1 atom stereocenters. The molecule has 4 rings (SSSR count). The molecule has 0 aliphatic heterocycles. The van der Waals surface area contributed by atoms with E-state index in [-0.39, 0.29) is 18.0 Å². The first-order valence-electron chi connectivity index (χ1n) is 10.3. The highest BCUT2D eigenvalue weighted by Crippen LogP contribution is 2.28. The Morgan fingerprint density at radius 1 is 1.15 bits per heavy atom. The Labute approximate surface area is 190 Å². The van der Waals surface area contributed by atoms with Crippen molar-refractivity contribution in [1.29, 1.82) is 0 Å². The maximum atomic E-state index is 14.9. The van der Waals surface area contributed by atoms with Crippen LogP contribution >= 0.6 is 0 Å². The van der Waals surface area contributed by atoms with Gasteiger partial charge in [0.2, 0.25) is 0 Å². The molecule has 0 aliphatic carbocycles. The minimum Gasteiger partial charge on any atom is -0.394 e. The summed E-state index contributed by atoms with van der Waals surface area (Å²) in [6.07, 6.45) is 4.93. The molecule has 2 aromatic carbocycles. The van der Waals surface area contributed by atoms with Crippen LogP contribution in [0.25, 0.3) is 22.5 Å². The van der Waals surface area contributed by atoms with Gasteiger partial charge in [0.1, 0.15) is 17.3 Å². The number of hydrogen-bond donors (Lipinski definition) is 3. The lowest BCUT2D eigenvalue weighted by Gasteiger charge is -2.17. The number of aliphatic hydroxyl groups is 1. The van der Waals surface area contributed by atoms with Gasteiger partial charge in [0.05, 0.1) is 30.1 Å². The van der Waals surface area contributed by atoms with E-state index in [1.54, 1.807) is 48.9 Å². The summed E-state index contributed by atoms with van der Waals surface area (Å²) in [5.41, 5.74) is 9.62. The summed E-state index contributed by atoms with van der Waals surface area (Å²) in [6, 6.07) is 14.3. The molecule has 0 bridgehead atoms. The highest BCUT2D eigenvalue weighted by molar-refractivity contribution is 5.95. The fourth-order valence-corrected chi connectivity index (χ4v) is 3.50. The lowest BCUT2D eigenvalue weighted by molar-refractivity contribution is 0.0912. The SMILES string of the molecule is Cc1cnccc1-c1cnc(N)c(-c2ccc(C(=O)NC(CO)c3ccccc3)c(F)c2)n1. The number of pyridine rings is 1. The molecular formula is C25H22FN5O2. The van der Waals surface area contributed by atoms with E-state index >= 15 is 0 Å². The van der Waals surface area contributed by atoms with Crippen LogP contribution in [0.1, 0.15) is 27.5 Å². The number of nitrogens with two attached hydrogens (primary N) is 1. The van der Waals surface area contributed by atoms with Gasteiger partial charge in [0.15, 0.2) is 0 Å². The highest BCUT2D eigenvalue weighted by atomic mass is 19.1. The number of benzene rings is 2. The maximum absolute atomic E-state index is 14.9. The van der Waals surface area contributed by atoms with E-state index in [9.17, 15) is 14.3 Å². The molecule has 4 aromatic rings. The lowest BCUT2D eigenvalue weighted by atomic mass is 10.0. The van der Waals surface area contributed by atoms with Gasteiger partial charge < -0.3 is 16.2 Å². The van der Waals surface area contributed by atoms with E-state index in [0.29, 0.717) is 17.0 Å². The van der Waals surface area contributed by atoms with E-state index in [4.69, 9.17) is 5.73 Å². The highest BCUT2D eigenvalue weighted by Gasteiger charge is 2.19. The van der Waals surface area contributed by atoms with Crippen molar-refractivity contribution < 1.29 is 14.3 Å². The van der Waals surface area contributed by atoms with Crippen LogP contribution in [0.15, 0.2) is 73.2 Å². The number of nitrogens with zero attached hydrogens (tertiary/aromatic N) is 3. The van der Waals surface area contributed by atoms with Crippen molar-refractivity contribution in [3.05, 3.63) is 95.7 Å². The number of aromatic nitrogens is 3. The topological polar surface area (TPSA) is 114 Å². The van der Waals surface area contributed by atoms with E-state index in [0.717, 1.165) is 16.7 Å². The fraction of sp³-hybridized carbons (Fsp3) is 0.120. The van der Waals surface area contributed by atoms with Crippen molar-refractivity contribution in [1.82, 2.24) is 20.3 Å². The number of aryl methyl sites for hydroxylation is 1. The molecule has 7 nitrogen and oxygen atoms in total. The molecule has 33 heavy (non-hydrogen) atoms. The average molecular weight is 443 g/mol. The van der Waals surface area contributed by atoms with Gasteiger partial charge in [-0.1, -0.05) is 36.4 Å². The number of carbonyl (C=O) groups excluding carboxylic acids is 1. The zero-order valence-electron chi connectivity index (χ0n) is 17.9. The third kappa shape index (κ3) is 4.70. The van der Waals surface area contributed by atoms with Gasteiger partial charge in [-0.3, -0.25) is 9.78 Å². The van der Waals surface area contributed by atoms with Gasteiger partial charge in [-0.15, -0.1) is 0 Å². The quantitative estimate of drug-likeness (QED) is 0.419. The Morgan fingerprint density at radius 2 is 1.94 bits per heavy atom. The van der Waals surface area contributed by atoms with Gasteiger partial charge in [-0.25, -0.2) is 14.4 Å². The number of hydrogen-bond acceptors (Lipinski definition) is 6. The molecule has 0 aliphatic rings. The number of rotatable bonds is 6. The zero-order valence-corrected chi connectivity index (χ0v) is 17.9. The third-order valence-corrected chi connectivity index (χ3v) is 5.27. The van der Waals surface area contributed by atoms with Crippen LogP contribution in [-0.4, -0.2) is 32.6 Å². The van der Waals surface area contributed by atoms with Crippen molar-refractivity contribution in [3.63, 3.8) is 0 Å². The first-order chi connectivity index (χ1) is 16.0. The molecule has 2 aromatic heterocycles. The molecule has 1 amide bonds. The summed E-state index contributed by atoms with van der Waals surface area (Å²) in [4.78, 5) is 25.5. The van der Waals surface area contributed by atoms with Gasteiger partial charge in [0, 0.05) is 23.5 Å². The number of aliphatic hydroxyl groups excluding tert-OH is 1. The number of amides is 1. The second kappa shape index (κ2) is 9.54. The summed E-state index contributed by atoms with van der Waals surface area (Å²) in [5, 5.41) is 12.3. The van der Waals surface area contributed by atoms with Crippen molar-refractivity contribution in [2.24, 2.45) is 0 Å². The fourth-order valence-electron chi connectivity index (χ4n) is 3.50. The molecule has 0 saturated heterocycles. The lowest BCUT2D eigenvalue weighted by Crippen LogP contribution is -2.31. The standard InChI is InChI=1S/C25H22FN5O2/c1-15-12-28-10-9-18(15)21-13-29-24(27)23(30-21)17-7-8-19(20(26)11-17)25(33)31-22(14-32)16-5-3-2-4-6-16/h2-13,22,32H,14H2,1H3,(H2,27,29)(H,31,33). The van der Waals surface area contributed by atoms with Crippen LogP contribution in [0.5, 0.6) is 0 Å². The Kier molecular flexibility index (Phi) is 6.37. The molecule has 0 spiro atoms. The van der Waals surface area contributed by atoms with Crippen LogP contribution in [0.4, 0.5) is 10.2 Å². The number of halogens is 1. The van der Waals surface area contributed by atoms with Crippen LogP contribution in [0, 0.1) is 12.7 Å². The predicted octanol–water partition coefficient (Wildman–Crippen LogP) is 3.70. The third-order valence-electron chi connectivity index (χ3n) is 5.27. The molecule has 1 unspecified atom stereocenters. The maximum Gasteiger partial charge on any atom is 0.254 e. The minimum absolute atomic E-state index is 0.145. The van der Waals surface area contributed by atoms with E-state index in [2.05, 4.69) is 20.3 Å². The minimum atomic E-state index is -0.735. The van der Waals surface area contributed by atoms with Crippen molar-refractivity contribution >= 4 is 11.7 Å². The summed E-state index contributed by atoms with van der Waals surface area (Å²) in [7, 11) is 0. The summed E-state index contributed by atoms with van der Waals surface area (Å²) in [5.74, 6) is -1.23. The first kappa shape index (κ1) is 22.0. The summed E-state index contributed by atoms with van der Waals surface area (Å²) >= 11 is 0. The smallest absolute Gasteiger partial charge is 0.254 e. The second-order valence-corrected chi connectivity index (χ2v) is 7.49.